The summed E-state index contributed by atoms with van der Waals surface area (Å²) < 4.78 is 6.24. The summed E-state index contributed by atoms with van der Waals surface area (Å²) in [5.41, 5.74) is 2.44. The number of ether oxygens (including phenoxy) is 1. The molecule has 2 aliphatic carbocycles. The van der Waals surface area contributed by atoms with Crippen LogP contribution >= 0.6 is 15.9 Å². The van der Waals surface area contributed by atoms with E-state index in [-0.39, 0.29) is 17.7 Å². The number of Topliss-reactive ketones (excluding diaryl/α,β-unsaturated/α-hetero) is 1. The summed E-state index contributed by atoms with van der Waals surface area (Å²) in [6.07, 6.45) is 3.11. The second-order valence-corrected chi connectivity index (χ2v) is 7.73. The van der Waals surface area contributed by atoms with Crippen molar-refractivity contribution < 1.29 is 14.3 Å². The predicted molar refractivity (Wildman–Crippen MR) is 103 cm³/mol. The van der Waals surface area contributed by atoms with Crippen molar-refractivity contribution in [3.63, 3.8) is 0 Å². The van der Waals surface area contributed by atoms with E-state index in [2.05, 4.69) is 15.9 Å². The van der Waals surface area contributed by atoms with Gasteiger partial charge in [0.05, 0.1) is 12.0 Å². The Morgan fingerprint density at radius 1 is 1.23 bits per heavy atom. The van der Waals surface area contributed by atoms with Crippen LogP contribution in [0.1, 0.15) is 40.7 Å². The number of allylic oxidation sites excluding steroid dienone is 1. The molecule has 0 unspecified atom stereocenters. The van der Waals surface area contributed by atoms with Gasteiger partial charge >= 0.3 is 5.97 Å². The normalized spacial score (nSPS) is 23.8. The fourth-order valence-electron chi connectivity index (χ4n) is 4.44. The minimum atomic E-state index is -0.864. The molecule has 0 saturated carbocycles. The summed E-state index contributed by atoms with van der Waals surface area (Å²) in [5, 5.41) is 0. The fourth-order valence-corrected chi connectivity index (χ4v) is 4.85. The topological polar surface area (TPSA) is 43.4 Å². The third-order valence-corrected chi connectivity index (χ3v) is 6.01. The van der Waals surface area contributed by atoms with Crippen LogP contribution in [0.4, 0.5) is 0 Å². The van der Waals surface area contributed by atoms with Gasteiger partial charge in [0.15, 0.2) is 5.78 Å². The van der Waals surface area contributed by atoms with E-state index in [4.69, 9.17) is 4.74 Å². The van der Waals surface area contributed by atoms with Crippen LogP contribution in [0, 0.1) is 5.41 Å². The molecule has 3 nitrogen and oxygen atoms in total. The van der Waals surface area contributed by atoms with Gasteiger partial charge in [-0.2, -0.15) is 0 Å². The van der Waals surface area contributed by atoms with Gasteiger partial charge in [-0.05, 0) is 49.1 Å². The first-order valence-electron chi connectivity index (χ1n) is 8.84. The summed E-state index contributed by atoms with van der Waals surface area (Å²) in [5.74, 6) is -0.390. The van der Waals surface area contributed by atoms with Crippen molar-refractivity contribution in [2.45, 2.75) is 25.7 Å². The van der Waals surface area contributed by atoms with Crippen molar-refractivity contribution in [1.82, 2.24) is 0 Å². The van der Waals surface area contributed by atoms with E-state index in [1.807, 2.05) is 54.6 Å². The number of hydrogen-bond acceptors (Lipinski definition) is 3. The van der Waals surface area contributed by atoms with Crippen LogP contribution in [-0.4, -0.2) is 18.4 Å². The molecule has 2 aromatic carbocycles. The Balaban J connectivity index is 1.86. The molecule has 0 aliphatic heterocycles. The lowest BCUT2D eigenvalue weighted by Crippen LogP contribution is -2.37. The number of hydrogen-bond donors (Lipinski definition) is 0. The van der Waals surface area contributed by atoms with Gasteiger partial charge in [0.1, 0.15) is 0 Å². The van der Waals surface area contributed by atoms with Gasteiger partial charge in [-0.15, -0.1) is 0 Å². The highest BCUT2D eigenvalue weighted by Crippen LogP contribution is 2.57. The Labute approximate surface area is 161 Å². The summed E-state index contributed by atoms with van der Waals surface area (Å²) in [6, 6.07) is 15.7. The molecule has 0 bridgehead atoms. The van der Waals surface area contributed by atoms with Gasteiger partial charge in [-0.25, -0.2) is 4.79 Å². The molecule has 0 saturated heterocycles. The Kier molecular flexibility index (Phi) is 4.31. The zero-order valence-electron chi connectivity index (χ0n) is 14.5. The largest absolute Gasteiger partial charge is 0.463 e. The number of carbonyl (C=O) groups excluding carboxylic acids is 2. The predicted octanol–water partition coefficient (Wildman–Crippen LogP) is 4.85. The average molecular weight is 411 g/mol. The average Bonchev–Trinajstić information content (AvgIpc) is 3.15. The number of halogens is 1. The minimum Gasteiger partial charge on any atom is -0.463 e. The summed E-state index contributed by atoms with van der Waals surface area (Å²) >= 11 is 3.49. The molecule has 4 rings (SSSR count). The molecule has 2 aromatic rings. The molecule has 2 atom stereocenters. The fraction of sp³-hybridized carbons (Fsp3) is 0.273. The van der Waals surface area contributed by atoms with Crippen LogP contribution in [0.5, 0.6) is 0 Å². The molecule has 0 fully saturated rings. The molecule has 0 aromatic heterocycles. The Hall–Kier alpha value is -2.20. The summed E-state index contributed by atoms with van der Waals surface area (Å²) in [6.45, 7) is 2.09. The van der Waals surface area contributed by atoms with Crippen molar-refractivity contribution in [2.75, 3.05) is 6.61 Å². The minimum absolute atomic E-state index is 0.0330. The molecule has 132 valence electrons. The van der Waals surface area contributed by atoms with Crippen LogP contribution in [0.3, 0.4) is 0 Å². The monoisotopic (exact) mass is 410 g/mol. The van der Waals surface area contributed by atoms with Crippen molar-refractivity contribution in [3.05, 3.63) is 81.3 Å². The summed E-state index contributed by atoms with van der Waals surface area (Å²) in [7, 11) is 0. The highest BCUT2D eigenvalue weighted by molar-refractivity contribution is 9.10. The van der Waals surface area contributed by atoms with E-state index in [0.717, 1.165) is 15.6 Å². The van der Waals surface area contributed by atoms with Gasteiger partial charge in [-0.3, -0.25) is 4.79 Å². The highest BCUT2D eigenvalue weighted by Gasteiger charge is 2.58. The third-order valence-electron chi connectivity index (χ3n) is 5.52. The van der Waals surface area contributed by atoms with Gasteiger partial charge < -0.3 is 4.74 Å². The lowest BCUT2D eigenvalue weighted by molar-refractivity contribution is -0.139. The SMILES string of the molecule is CCOC(=O)C1=CC[C@H](c2ccccc2)[C@]12Cc1cc(Br)ccc1C2=O. The molecule has 26 heavy (non-hydrogen) atoms. The van der Waals surface area contributed by atoms with Gasteiger partial charge in [-0.1, -0.05) is 52.3 Å². The molecular formula is C22H19BrO3. The first-order chi connectivity index (χ1) is 12.6. The molecule has 4 heteroatoms. The van der Waals surface area contributed by atoms with Crippen molar-refractivity contribution >= 4 is 27.7 Å². The smallest absolute Gasteiger partial charge is 0.334 e. The second kappa shape index (κ2) is 6.51. The Morgan fingerprint density at radius 3 is 2.73 bits per heavy atom. The molecule has 2 aliphatic rings. The second-order valence-electron chi connectivity index (χ2n) is 6.82. The quantitative estimate of drug-likeness (QED) is 0.679. The zero-order valence-corrected chi connectivity index (χ0v) is 16.1. The van der Waals surface area contributed by atoms with E-state index in [1.54, 1.807) is 6.92 Å². The van der Waals surface area contributed by atoms with Crippen molar-refractivity contribution in [1.29, 1.82) is 0 Å². The van der Waals surface area contributed by atoms with Gasteiger partial charge in [0.25, 0.3) is 0 Å². The van der Waals surface area contributed by atoms with E-state index >= 15 is 0 Å². The lowest BCUT2D eigenvalue weighted by Gasteiger charge is -2.32. The van der Waals surface area contributed by atoms with Gasteiger partial charge in [0.2, 0.25) is 0 Å². The number of ketones is 1. The van der Waals surface area contributed by atoms with Crippen LogP contribution in [0.25, 0.3) is 0 Å². The summed E-state index contributed by atoms with van der Waals surface area (Å²) in [4.78, 5) is 26.3. The number of benzene rings is 2. The van der Waals surface area contributed by atoms with E-state index in [0.29, 0.717) is 30.6 Å². The number of esters is 1. The standard InChI is InChI=1S/C22H19BrO3/c1-2-26-21(25)19-11-10-18(14-6-4-3-5-7-14)22(19)13-15-12-16(23)8-9-17(15)20(22)24/h3-9,11-12,18H,2,10,13H2,1H3/t18-,22-/m1/s1. The molecular weight excluding hydrogens is 392 g/mol. The Bertz CT molecular complexity index is 916. The zero-order chi connectivity index (χ0) is 18.3. The van der Waals surface area contributed by atoms with E-state index in [1.165, 1.54) is 0 Å². The van der Waals surface area contributed by atoms with Crippen LogP contribution in [0.2, 0.25) is 0 Å². The number of rotatable bonds is 3. The van der Waals surface area contributed by atoms with Crippen LogP contribution < -0.4 is 0 Å². The van der Waals surface area contributed by atoms with E-state index in [9.17, 15) is 9.59 Å². The van der Waals surface area contributed by atoms with Crippen LogP contribution in [-0.2, 0) is 16.0 Å². The Morgan fingerprint density at radius 2 is 2.00 bits per heavy atom. The number of carbonyl (C=O) groups is 2. The molecule has 0 heterocycles. The third kappa shape index (κ3) is 2.47. The molecule has 0 radical (unpaired) electrons. The maximum absolute atomic E-state index is 13.6. The van der Waals surface area contributed by atoms with Crippen molar-refractivity contribution in [3.8, 4) is 0 Å². The maximum Gasteiger partial charge on any atom is 0.334 e. The van der Waals surface area contributed by atoms with E-state index < -0.39 is 5.41 Å². The molecule has 1 spiro atoms. The molecule has 0 amide bonds. The lowest BCUT2D eigenvalue weighted by atomic mass is 9.68. The highest BCUT2D eigenvalue weighted by atomic mass is 79.9. The molecule has 0 N–H and O–H groups in total. The van der Waals surface area contributed by atoms with Crippen molar-refractivity contribution in [2.24, 2.45) is 5.41 Å². The maximum atomic E-state index is 13.6. The van der Waals surface area contributed by atoms with Crippen LogP contribution in [0.15, 0.2) is 64.7 Å². The first kappa shape index (κ1) is 17.2. The first-order valence-corrected chi connectivity index (χ1v) is 9.63. The number of fused-ring (bicyclic) bond motifs is 1. The van der Waals surface area contributed by atoms with Gasteiger partial charge in [0, 0.05) is 21.5 Å².